The number of aldehydes is 1. The van der Waals surface area contributed by atoms with Crippen molar-refractivity contribution in [2.45, 2.75) is 36.7 Å². The summed E-state index contributed by atoms with van der Waals surface area (Å²) in [5.74, 6) is 0.472. The average Bonchev–Trinajstić information content (AvgIpc) is 3.24. The number of thioether (sulfide) groups is 1. The standard InChI is InChI=1S/C27H26O3S/c28-17-18-31-24-13-11-23(12-14-24)25-15-16-26(29-19-21-7-3-1-4-8-21)27(25)30-20-22-9-5-2-6-10-22/h1-15,17,26-27H,16,18-20H2. The summed E-state index contributed by atoms with van der Waals surface area (Å²) in [7, 11) is 0. The minimum Gasteiger partial charge on any atom is -0.370 e. The molecule has 0 aliphatic heterocycles. The Labute approximate surface area is 188 Å². The first-order valence-corrected chi connectivity index (χ1v) is 11.5. The van der Waals surface area contributed by atoms with E-state index >= 15 is 0 Å². The quantitative estimate of drug-likeness (QED) is 0.295. The molecule has 31 heavy (non-hydrogen) atoms. The number of ether oxygens (including phenoxy) is 2. The van der Waals surface area contributed by atoms with Crippen LogP contribution in [0.25, 0.3) is 5.57 Å². The van der Waals surface area contributed by atoms with Crippen molar-refractivity contribution < 1.29 is 14.3 Å². The molecule has 0 bridgehead atoms. The van der Waals surface area contributed by atoms with Crippen LogP contribution in [0.15, 0.2) is 95.9 Å². The number of rotatable bonds is 10. The van der Waals surface area contributed by atoms with E-state index < -0.39 is 0 Å². The molecule has 0 saturated carbocycles. The second-order valence-corrected chi connectivity index (χ2v) is 8.54. The van der Waals surface area contributed by atoms with E-state index in [0.717, 1.165) is 34.3 Å². The Bertz CT molecular complexity index is 984. The van der Waals surface area contributed by atoms with Gasteiger partial charge in [-0.15, -0.1) is 11.8 Å². The van der Waals surface area contributed by atoms with Gasteiger partial charge in [-0.1, -0.05) is 78.9 Å². The molecule has 1 aliphatic carbocycles. The fourth-order valence-corrected chi connectivity index (χ4v) is 4.32. The highest BCUT2D eigenvalue weighted by atomic mass is 32.2. The van der Waals surface area contributed by atoms with Crippen molar-refractivity contribution in [3.05, 3.63) is 108 Å². The predicted molar refractivity (Wildman–Crippen MR) is 126 cm³/mol. The molecule has 0 aromatic heterocycles. The first-order chi connectivity index (χ1) is 15.3. The third kappa shape index (κ3) is 5.95. The number of benzene rings is 3. The van der Waals surface area contributed by atoms with Crippen LogP contribution in [0.1, 0.15) is 23.1 Å². The Morgan fingerprint density at radius 3 is 2.03 bits per heavy atom. The zero-order chi connectivity index (χ0) is 21.3. The van der Waals surface area contributed by atoms with E-state index in [4.69, 9.17) is 9.47 Å². The van der Waals surface area contributed by atoms with Gasteiger partial charge >= 0.3 is 0 Å². The van der Waals surface area contributed by atoms with Gasteiger partial charge in [0.1, 0.15) is 12.4 Å². The molecular formula is C27H26O3S. The van der Waals surface area contributed by atoms with Gasteiger partial charge in [0, 0.05) is 4.90 Å². The van der Waals surface area contributed by atoms with Crippen molar-refractivity contribution >= 4 is 23.6 Å². The van der Waals surface area contributed by atoms with Crippen molar-refractivity contribution in [2.24, 2.45) is 0 Å². The smallest absolute Gasteiger partial charge is 0.130 e. The summed E-state index contributed by atoms with van der Waals surface area (Å²) in [5, 5.41) is 0. The van der Waals surface area contributed by atoms with Crippen LogP contribution in [0.2, 0.25) is 0 Å². The van der Waals surface area contributed by atoms with Crippen LogP contribution in [0.4, 0.5) is 0 Å². The second kappa shape index (κ2) is 11.1. The fraction of sp³-hybridized carbons (Fsp3) is 0.222. The normalized spacial score (nSPS) is 18.0. The SMILES string of the molecule is O=CCSc1ccc(C2=CCC(OCc3ccccc3)C2OCc2ccccc2)cc1. The lowest BCUT2D eigenvalue weighted by Crippen LogP contribution is -2.28. The Balaban J connectivity index is 1.47. The van der Waals surface area contributed by atoms with Crippen molar-refractivity contribution in [2.75, 3.05) is 5.75 Å². The lowest BCUT2D eigenvalue weighted by molar-refractivity contribution is -0.105. The minimum atomic E-state index is -0.127. The Hall–Kier alpha value is -2.66. The first kappa shape index (κ1) is 21.6. The molecule has 2 unspecified atom stereocenters. The maximum absolute atomic E-state index is 10.6. The summed E-state index contributed by atoms with van der Waals surface area (Å²) in [4.78, 5) is 11.7. The molecule has 0 radical (unpaired) electrons. The molecule has 3 aromatic carbocycles. The van der Waals surface area contributed by atoms with Crippen LogP contribution < -0.4 is 0 Å². The molecule has 0 amide bonds. The Morgan fingerprint density at radius 1 is 0.806 bits per heavy atom. The molecule has 4 heteroatoms. The molecule has 3 aromatic rings. The molecule has 0 N–H and O–H groups in total. The van der Waals surface area contributed by atoms with E-state index in [-0.39, 0.29) is 12.2 Å². The molecule has 0 saturated heterocycles. The molecule has 2 atom stereocenters. The molecule has 4 rings (SSSR count). The van der Waals surface area contributed by atoms with Gasteiger partial charge in [-0.3, -0.25) is 0 Å². The third-order valence-electron chi connectivity index (χ3n) is 5.30. The maximum Gasteiger partial charge on any atom is 0.130 e. The van der Waals surface area contributed by atoms with E-state index in [0.29, 0.717) is 19.0 Å². The first-order valence-electron chi connectivity index (χ1n) is 10.5. The number of carbonyl (C=O) groups excluding carboxylic acids is 1. The summed E-state index contributed by atoms with van der Waals surface area (Å²) < 4.78 is 12.7. The highest BCUT2D eigenvalue weighted by molar-refractivity contribution is 7.99. The summed E-state index contributed by atoms with van der Waals surface area (Å²) in [5.41, 5.74) is 4.62. The summed E-state index contributed by atoms with van der Waals surface area (Å²) in [6.07, 6.45) is 3.84. The van der Waals surface area contributed by atoms with Gasteiger partial charge in [-0.05, 0) is 40.8 Å². The van der Waals surface area contributed by atoms with Gasteiger partial charge in [0.15, 0.2) is 0 Å². The average molecular weight is 431 g/mol. The highest BCUT2D eigenvalue weighted by Gasteiger charge is 2.32. The van der Waals surface area contributed by atoms with Gasteiger partial charge in [-0.25, -0.2) is 0 Å². The van der Waals surface area contributed by atoms with Gasteiger partial charge in [-0.2, -0.15) is 0 Å². The molecule has 3 nitrogen and oxygen atoms in total. The lowest BCUT2D eigenvalue weighted by atomic mass is 10.0. The van der Waals surface area contributed by atoms with Gasteiger partial charge in [0.2, 0.25) is 0 Å². The van der Waals surface area contributed by atoms with Crippen LogP contribution in [0, 0.1) is 0 Å². The van der Waals surface area contributed by atoms with E-state index in [1.807, 2.05) is 36.4 Å². The largest absolute Gasteiger partial charge is 0.370 e. The lowest BCUT2D eigenvalue weighted by Gasteiger charge is -2.24. The van der Waals surface area contributed by atoms with E-state index in [1.54, 1.807) is 11.8 Å². The van der Waals surface area contributed by atoms with Crippen LogP contribution in [-0.4, -0.2) is 24.2 Å². The van der Waals surface area contributed by atoms with Crippen LogP contribution in [-0.2, 0) is 27.5 Å². The van der Waals surface area contributed by atoms with Crippen LogP contribution in [0.5, 0.6) is 0 Å². The molecule has 0 fully saturated rings. The number of hydrogen-bond donors (Lipinski definition) is 0. The molecule has 158 valence electrons. The van der Waals surface area contributed by atoms with Crippen LogP contribution >= 0.6 is 11.8 Å². The van der Waals surface area contributed by atoms with Crippen LogP contribution in [0.3, 0.4) is 0 Å². The molecule has 0 spiro atoms. The predicted octanol–water partition coefficient (Wildman–Crippen LogP) is 5.94. The Morgan fingerprint density at radius 2 is 1.42 bits per heavy atom. The zero-order valence-corrected chi connectivity index (χ0v) is 18.2. The second-order valence-electron chi connectivity index (χ2n) is 7.45. The summed E-state index contributed by atoms with van der Waals surface area (Å²) in [6.45, 7) is 1.11. The summed E-state index contributed by atoms with van der Waals surface area (Å²) in [6, 6.07) is 28.8. The number of carbonyl (C=O) groups is 1. The van der Waals surface area contributed by atoms with Crippen molar-refractivity contribution in [3.8, 4) is 0 Å². The van der Waals surface area contributed by atoms with Gasteiger partial charge in [0.25, 0.3) is 0 Å². The highest BCUT2D eigenvalue weighted by Crippen LogP contribution is 2.34. The third-order valence-corrected chi connectivity index (χ3v) is 6.21. The van der Waals surface area contributed by atoms with Gasteiger partial charge < -0.3 is 14.3 Å². The van der Waals surface area contributed by atoms with E-state index in [1.165, 1.54) is 5.57 Å². The van der Waals surface area contributed by atoms with Crippen molar-refractivity contribution in [3.63, 3.8) is 0 Å². The zero-order valence-electron chi connectivity index (χ0n) is 17.4. The molecule has 0 heterocycles. The maximum atomic E-state index is 10.6. The topological polar surface area (TPSA) is 35.5 Å². The Kier molecular flexibility index (Phi) is 7.72. The fourth-order valence-electron chi connectivity index (χ4n) is 3.73. The minimum absolute atomic E-state index is 0.0250. The monoisotopic (exact) mass is 430 g/mol. The van der Waals surface area contributed by atoms with Crippen molar-refractivity contribution in [1.29, 1.82) is 0 Å². The van der Waals surface area contributed by atoms with E-state index in [9.17, 15) is 4.79 Å². The van der Waals surface area contributed by atoms with E-state index in [2.05, 4.69) is 54.6 Å². The van der Waals surface area contributed by atoms with Gasteiger partial charge in [0.05, 0.1) is 25.1 Å². The van der Waals surface area contributed by atoms with Crippen molar-refractivity contribution in [1.82, 2.24) is 0 Å². The molecule has 1 aliphatic rings. The number of hydrogen-bond acceptors (Lipinski definition) is 4. The summed E-state index contributed by atoms with van der Waals surface area (Å²) >= 11 is 1.54. The molecular weight excluding hydrogens is 404 g/mol.